The number of carbonyl (C=O) groups excluding carboxylic acids is 2. The Morgan fingerprint density at radius 1 is 1.11 bits per heavy atom. The Balaban J connectivity index is 1.57. The zero-order valence-electron chi connectivity index (χ0n) is 15.4. The number of benzene rings is 2. The Bertz CT molecular complexity index is 1050. The number of pyridine rings is 1. The topological polar surface area (TPSA) is 62.3 Å². The van der Waals surface area contributed by atoms with Crippen LogP contribution in [-0.2, 0) is 11.3 Å². The number of aromatic nitrogens is 1. The lowest BCUT2D eigenvalue weighted by Gasteiger charge is -2.22. The fraction of sp³-hybridized carbons (Fsp3) is 0.136. The second kappa shape index (κ2) is 7.86. The van der Waals surface area contributed by atoms with Crippen LogP contribution in [0.5, 0.6) is 0 Å². The lowest BCUT2D eigenvalue weighted by Crippen LogP contribution is -2.40. The van der Waals surface area contributed by atoms with E-state index in [0.717, 1.165) is 21.7 Å². The average Bonchev–Trinajstić information content (AvgIpc) is 2.82. The fourth-order valence-corrected chi connectivity index (χ4v) is 4.16. The van der Waals surface area contributed by atoms with E-state index >= 15 is 0 Å². The maximum absolute atomic E-state index is 13.1. The minimum atomic E-state index is -0.216. The highest BCUT2D eigenvalue weighted by atomic mass is 32.2. The molecular weight excluding hydrogens is 370 g/mol. The zero-order chi connectivity index (χ0) is 19.5. The monoisotopic (exact) mass is 389 g/mol. The van der Waals surface area contributed by atoms with Gasteiger partial charge in [0, 0.05) is 17.6 Å². The molecule has 28 heavy (non-hydrogen) atoms. The van der Waals surface area contributed by atoms with E-state index in [4.69, 9.17) is 0 Å². The van der Waals surface area contributed by atoms with Crippen molar-refractivity contribution in [1.82, 2.24) is 10.3 Å². The predicted octanol–water partition coefficient (Wildman–Crippen LogP) is 3.82. The first kappa shape index (κ1) is 18.3. The van der Waals surface area contributed by atoms with E-state index in [1.54, 1.807) is 18.3 Å². The fourth-order valence-electron chi connectivity index (χ4n) is 3.14. The highest BCUT2D eigenvalue weighted by Crippen LogP contribution is 2.39. The summed E-state index contributed by atoms with van der Waals surface area (Å²) in [5, 5.41) is 3.57. The van der Waals surface area contributed by atoms with Crippen LogP contribution in [0.4, 0.5) is 5.69 Å². The van der Waals surface area contributed by atoms with E-state index in [1.165, 1.54) is 16.7 Å². The van der Waals surface area contributed by atoms with Crippen molar-refractivity contribution in [2.24, 2.45) is 0 Å². The van der Waals surface area contributed by atoms with Gasteiger partial charge in [0.25, 0.3) is 5.91 Å². The van der Waals surface area contributed by atoms with Crippen molar-refractivity contribution < 1.29 is 9.59 Å². The van der Waals surface area contributed by atoms with E-state index in [0.29, 0.717) is 17.1 Å². The molecule has 0 spiro atoms. The maximum atomic E-state index is 13.1. The first-order valence-corrected chi connectivity index (χ1v) is 9.79. The molecule has 3 aromatic rings. The summed E-state index contributed by atoms with van der Waals surface area (Å²) in [5.41, 5.74) is 3.40. The Labute approximate surface area is 167 Å². The van der Waals surface area contributed by atoms with Gasteiger partial charge in [0.1, 0.15) is 11.6 Å². The van der Waals surface area contributed by atoms with Crippen LogP contribution in [0.15, 0.2) is 76.8 Å². The van der Waals surface area contributed by atoms with Crippen LogP contribution in [-0.4, -0.2) is 23.3 Å². The molecule has 6 heteroatoms. The summed E-state index contributed by atoms with van der Waals surface area (Å²) >= 11 is 1.44. The normalized spacial score (nSPS) is 12.8. The van der Waals surface area contributed by atoms with Crippen LogP contribution in [0.3, 0.4) is 0 Å². The molecule has 0 radical (unpaired) electrons. The highest BCUT2D eigenvalue weighted by molar-refractivity contribution is 7.99. The summed E-state index contributed by atoms with van der Waals surface area (Å²) in [7, 11) is 0. The standard InChI is InChI=1S/C22H19N3O2S/c1-15-6-4-7-16(12-15)13-24-20(26)14-25-18-9-2-3-10-19(18)28-21-17(22(25)27)8-5-11-23-21/h2-12H,13-14H2,1H3,(H,24,26). The van der Waals surface area contributed by atoms with Crippen molar-refractivity contribution in [3.05, 3.63) is 83.6 Å². The number of nitrogens with zero attached hydrogens (tertiary/aromatic N) is 2. The van der Waals surface area contributed by atoms with Gasteiger partial charge < -0.3 is 5.32 Å². The molecule has 0 atom stereocenters. The van der Waals surface area contributed by atoms with Crippen molar-refractivity contribution in [3.63, 3.8) is 0 Å². The van der Waals surface area contributed by atoms with Crippen molar-refractivity contribution in [2.45, 2.75) is 23.4 Å². The van der Waals surface area contributed by atoms with Crippen LogP contribution in [0, 0.1) is 6.92 Å². The summed E-state index contributed by atoms with van der Waals surface area (Å²) in [6.45, 7) is 2.40. The predicted molar refractivity (Wildman–Crippen MR) is 110 cm³/mol. The molecule has 0 aliphatic carbocycles. The van der Waals surface area contributed by atoms with Crippen LogP contribution >= 0.6 is 11.8 Å². The van der Waals surface area contributed by atoms with Gasteiger partial charge >= 0.3 is 0 Å². The number of nitrogens with one attached hydrogen (secondary N) is 1. The third kappa shape index (κ3) is 3.77. The summed E-state index contributed by atoms with van der Waals surface area (Å²) in [6, 6.07) is 19.1. The summed E-state index contributed by atoms with van der Waals surface area (Å²) in [4.78, 5) is 32.5. The minimum absolute atomic E-state index is 0.0451. The molecule has 0 saturated heterocycles. The number of hydrogen-bond acceptors (Lipinski definition) is 4. The molecule has 0 saturated carbocycles. The van der Waals surface area contributed by atoms with E-state index in [-0.39, 0.29) is 18.4 Å². The first-order valence-electron chi connectivity index (χ1n) is 8.98. The lowest BCUT2D eigenvalue weighted by atomic mass is 10.1. The van der Waals surface area contributed by atoms with E-state index < -0.39 is 0 Å². The van der Waals surface area contributed by atoms with E-state index in [1.807, 2.05) is 55.5 Å². The Morgan fingerprint density at radius 2 is 1.96 bits per heavy atom. The van der Waals surface area contributed by atoms with Gasteiger partial charge in [-0.05, 0) is 36.8 Å². The van der Waals surface area contributed by atoms with E-state index in [2.05, 4.69) is 10.3 Å². The minimum Gasteiger partial charge on any atom is -0.350 e. The van der Waals surface area contributed by atoms with Crippen molar-refractivity contribution in [1.29, 1.82) is 0 Å². The molecular formula is C22H19N3O2S. The van der Waals surface area contributed by atoms with Gasteiger partial charge in [-0.2, -0.15) is 0 Å². The van der Waals surface area contributed by atoms with Gasteiger partial charge in [0.15, 0.2) is 0 Å². The summed E-state index contributed by atoms with van der Waals surface area (Å²) in [6.07, 6.45) is 1.67. The first-order chi connectivity index (χ1) is 13.6. The zero-order valence-corrected chi connectivity index (χ0v) is 16.2. The number of amides is 2. The van der Waals surface area contributed by atoms with Gasteiger partial charge in [-0.3, -0.25) is 14.5 Å². The van der Waals surface area contributed by atoms with Gasteiger partial charge in [-0.25, -0.2) is 4.98 Å². The van der Waals surface area contributed by atoms with Crippen LogP contribution in [0.25, 0.3) is 0 Å². The Kier molecular flexibility index (Phi) is 5.12. The van der Waals surface area contributed by atoms with Gasteiger partial charge in [-0.1, -0.05) is 53.7 Å². The second-order valence-corrected chi connectivity index (χ2v) is 7.61. The molecule has 1 aliphatic heterocycles. The maximum Gasteiger partial charge on any atom is 0.261 e. The molecule has 0 bridgehead atoms. The molecule has 1 aromatic heterocycles. The molecule has 140 valence electrons. The number of aryl methyl sites for hydroxylation is 1. The Hall–Kier alpha value is -3.12. The number of anilines is 1. The van der Waals surface area contributed by atoms with Crippen LogP contribution in [0.2, 0.25) is 0 Å². The second-order valence-electron chi connectivity index (χ2n) is 6.58. The molecule has 5 nitrogen and oxygen atoms in total. The summed E-state index contributed by atoms with van der Waals surface area (Å²) in [5.74, 6) is -0.423. The average molecular weight is 389 g/mol. The van der Waals surface area contributed by atoms with Crippen LogP contribution < -0.4 is 10.2 Å². The lowest BCUT2D eigenvalue weighted by molar-refractivity contribution is -0.119. The molecule has 1 aliphatic rings. The van der Waals surface area contributed by atoms with Crippen LogP contribution in [0.1, 0.15) is 21.5 Å². The molecule has 1 N–H and O–H groups in total. The highest BCUT2D eigenvalue weighted by Gasteiger charge is 2.29. The number of carbonyl (C=O) groups is 2. The van der Waals surface area contributed by atoms with Crippen molar-refractivity contribution in [2.75, 3.05) is 11.4 Å². The van der Waals surface area contributed by atoms with Crippen molar-refractivity contribution >= 4 is 29.3 Å². The third-order valence-corrected chi connectivity index (χ3v) is 5.57. The molecule has 2 heterocycles. The quantitative estimate of drug-likeness (QED) is 0.737. The summed E-state index contributed by atoms with van der Waals surface area (Å²) < 4.78 is 0. The van der Waals surface area contributed by atoms with Crippen molar-refractivity contribution in [3.8, 4) is 0 Å². The van der Waals surface area contributed by atoms with Gasteiger partial charge in [0.2, 0.25) is 5.91 Å². The van der Waals surface area contributed by atoms with Gasteiger partial charge in [0.05, 0.1) is 11.3 Å². The molecule has 0 unspecified atom stereocenters. The molecule has 2 aromatic carbocycles. The largest absolute Gasteiger partial charge is 0.350 e. The van der Waals surface area contributed by atoms with E-state index in [9.17, 15) is 9.59 Å². The Morgan fingerprint density at radius 3 is 2.82 bits per heavy atom. The number of rotatable bonds is 4. The molecule has 0 fully saturated rings. The smallest absolute Gasteiger partial charge is 0.261 e. The third-order valence-electron chi connectivity index (χ3n) is 4.48. The molecule has 2 amide bonds. The van der Waals surface area contributed by atoms with Gasteiger partial charge in [-0.15, -0.1) is 0 Å². The molecule has 4 rings (SSSR count). The number of fused-ring (bicyclic) bond motifs is 2. The number of hydrogen-bond donors (Lipinski definition) is 1. The number of para-hydroxylation sites is 1. The SMILES string of the molecule is Cc1cccc(CNC(=O)CN2C(=O)c3cccnc3Sc3ccccc32)c1.